The normalized spacial score (nSPS) is 13.0. The molecule has 8 heteroatoms. The highest BCUT2D eigenvalue weighted by molar-refractivity contribution is 6.93. The van der Waals surface area contributed by atoms with E-state index in [1.165, 1.54) is 49.8 Å². The molecule has 2 aromatic carbocycles. The van der Waals surface area contributed by atoms with Crippen LogP contribution in [0.25, 0.3) is 11.1 Å². The van der Waals surface area contributed by atoms with Crippen molar-refractivity contribution in [3.63, 3.8) is 0 Å². The number of unbranched alkanes of at least 4 members (excludes halogenated alkanes) is 5. The fourth-order valence-corrected chi connectivity index (χ4v) is 24.2. The fourth-order valence-electron chi connectivity index (χ4n) is 5.16. The molecule has 0 aliphatic carbocycles. The molecule has 0 aliphatic rings. The number of rotatable bonds is 15. The zero-order valence-electron chi connectivity index (χ0n) is 24.7. The molecule has 0 saturated heterocycles. The molecule has 0 bridgehead atoms. The highest BCUT2D eigenvalue weighted by Gasteiger charge is 2.43. The van der Waals surface area contributed by atoms with Crippen molar-refractivity contribution in [2.24, 2.45) is 0 Å². The molecule has 0 fully saturated rings. The zero-order chi connectivity index (χ0) is 27.7. The first-order valence-corrected chi connectivity index (χ1v) is 25.6. The first-order valence-electron chi connectivity index (χ1n) is 13.9. The van der Waals surface area contributed by atoms with Gasteiger partial charge in [-0.15, -0.1) is 0 Å². The predicted octanol–water partition coefficient (Wildman–Crippen LogP) is 8.66. The van der Waals surface area contributed by atoms with Gasteiger partial charge in [0.25, 0.3) is 0 Å². The predicted molar refractivity (Wildman–Crippen MR) is 168 cm³/mol. The van der Waals surface area contributed by atoms with E-state index in [-0.39, 0.29) is 0 Å². The van der Waals surface area contributed by atoms with Gasteiger partial charge in [0.2, 0.25) is 8.32 Å². The van der Waals surface area contributed by atoms with Crippen LogP contribution in [0.4, 0.5) is 0 Å². The van der Waals surface area contributed by atoms with Crippen LogP contribution in [0, 0.1) is 11.3 Å². The third kappa shape index (κ3) is 11.1. The van der Waals surface area contributed by atoms with Crippen LogP contribution >= 0.6 is 0 Å². The summed E-state index contributed by atoms with van der Waals surface area (Å²) >= 11 is 0. The van der Waals surface area contributed by atoms with E-state index < -0.39 is 33.8 Å². The number of nitrogens with zero attached hydrogens (tertiary/aromatic N) is 1. The molecular formula is C29H49NO3Si4. The van der Waals surface area contributed by atoms with Gasteiger partial charge < -0.3 is 12.3 Å². The molecule has 0 saturated carbocycles. The molecule has 0 amide bonds. The SMILES string of the molecule is CCCCCCCC[Si](C)(C)O[Si](C)(C)O[Si](C)(C)O[Si](C)(C)c1ccc(-c2ccc(C#N)cc2)cc1. The van der Waals surface area contributed by atoms with Gasteiger partial charge in [0.1, 0.15) is 0 Å². The molecule has 0 aliphatic heterocycles. The first-order chi connectivity index (χ1) is 17.2. The molecule has 0 atom stereocenters. The Labute approximate surface area is 231 Å². The largest absolute Gasteiger partial charge is 0.436 e. The maximum atomic E-state index is 9.04. The molecule has 0 aromatic heterocycles. The minimum absolute atomic E-state index is 0.679. The maximum Gasteiger partial charge on any atom is 0.312 e. The van der Waals surface area contributed by atoms with Gasteiger partial charge in [0.15, 0.2) is 8.32 Å². The van der Waals surface area contributed by atoms with Crippen molar-refractivity contribution in [2.75, 3.05) is 0 Å². The molecule has 0 spiro atoms. The van der Waals surface area contributed by atoms with E-state index in [2.05, 4.69) is 89.6 Å². The van der Waals surface area contributed by atoms with Gasteiger partial charge in [-0.2, -0.15) is 5.26 Å². The van der Waals surface area contributed by atoms with E-state index in [4.69, 9.17) is 17.6 Å². The van der Waals surface area contributed by atoms with E-state index in [1.54, 1.807) is 0 Å². The number of hydrogen-bond donors (Lipinski definition) is 0. The van der Waals surface area contributed by atoms with Crippen LogP contribution in [0.2, 0.25) is 58.4 Å². The van der Waals surface area contributed by atoms with Crippen LogP contribution in [0.5, 0.6) is 0 Å². The monoisotopic (exact) mass is 571 g/mol. The van der Waals surface area contributed by atoms with Crippen molar-refractivity contribution in [3.8, 4) is 17.2 Å². The lowest BCUT2D eigenvalue weighted by Gasteiger charge is -2.41. The summed E-state index contributed by atoms with van der Waals surface area (Å²) in [6.45, 7) is 20.2. The second kappa shape index (κ2) is 13.7. The summed E-state index contributed by atoms with van der Waals surface area (Å²) in [5, 5.41) is 10.3. The zero-order valence-corrected chi connectivity index (χ0v) is 28.7. The molecule has 4 nitrogen and oxygen atoms in total. The van der Waals surface area contributed by atoms with Gasteiger partial charge in [-0.05, 0) is 86.9 Å². The summed E-state index contributed by atoms with van der Waals surface area (Å²) < 4.78 is 20.4. The quantitative estimate of drug-likeness (QED) is 0.158. The Morgan fingerprint density at radius 2 is 1.11 bits per heavy atom. The van der Waals surface area contributed by atoms with Gasteiger partial charge in [0, 0.05) is 0 Å². The fraction of sp³-hybridized carbons (Fsp3) is 0.552. The minimum atomic E-state index is -2.41. The van der Waals surface area contributed by atoms with Crippen LogP contribution in [-0.2, 0) is 12.3 Å². The average molecular weight is 572 g/mol. The van der Waals surface area contributed by atoms with Crippen LogP contribution < -0.4 is 5.19 Å². The van der Waals surface area contributed by atoms with E-state index in [0.717, 1.165) is 11.1 Å². The van der Waals surface area contributed by atoms with E-state index in [9.17, 15) is 0 Å². The molecule has 37 heavy (non-hydrogen) atoms. The first kappa shape index (κ1) is 31.9. The highest BCUT2D eigenvalue weighted by Crippen LogP contribution is 2.27. The molecule has 2 rings (SSSR count). The molecular weight excluding hydrogens is 523 g/mol. The van der Waals surface area contributed by atoms with Crippen molar-refractivity contribution in [3.05, 3.63) is 54.1 Å². The van der Waals surface area contributed by atoms with E-state index in [0.29, 0.717) is 5.56 Å². The second-order valence-electron chi connectivity index (χ2n) is 12.2. The third-order valence-corrected chi connectivity index (χ3v) is 22.0. The summed E-state index contributed by atoms with van der Waals surface area (Å²) in [6, 6.07) is 19.8. The van der Waals surface area contributed by atoms with Crippen molar-refractivity contribution in [1.29, 1.82) is 5.26 Å². The summed E-state index contributed by atoms with van der Waals surface area (Å²) in [5.74, 6) is 0. The molecule has 0 heterocycles. The lowest BCUT2D eigenvalue weighted by Crippen LogP contribution is -2.59. The standard InChI is InChI=1S/C29H49NO3Si4/c1-10-11-12-13-14-15-24-34(2,3)31-36(6,7)33-37(8,9)32-35(4,5)29-22-20-28(21-23-29)27-18-16-26(25-30)17-19-27/h16-23H,10-15,24H2,1-9H3. The molecule has 0 radical (unpaired) electrons. The van der Waals surface area contributed by atoms with Gasteiger partial charge in [-0.1, -0.05) is 81.8 Å². The number of nitriles is 1. The molecule has 2 aromatic rings. The van der Waals surface area contributed by atoms with E-state index in [1.807, 2.05) is 24.3 Å². The van der Waals surface area contributed by atoms with Crippen molar-refractivity contribution < 1.29 is 12.3 Å². The maximum absolute atomic E-state index is 9.04. The molecule has 204 valence electrons. The highest BCUT2D eigenvalue weighted by atomic mass is 28.5. The summed E-state index contributed by atoms with van der Waals surface area (Å²) in [7, 11) is -8.68. The van der Waals surface area contributed by atoms with Crippen LogP contribution in [0.15, 0.2) is 48.5 Å². The van der Waals surface area contributed by atoms with Crippen molar-refractivity contribution in [1.82, 2.24) is 0 Å². The summed E-state index contributed by atoms with van der Waals surface area (Å²) in [6.07, 6.45) is 7.94. The summed E-state index contributed by atoms with van der Waals surface area (Å²) in [4.78, 5) is 0. The Bertz CT molecular complexity index is 1010. The van der Waals surface area contributed by atoms with Gasteiger partial charge in [0.05, 0.1) is 11.6 Å². The Kier molecular flexibility index (Phi) is 11.8. The minimum Gasteiger partial charge on any atom is -0.436 e. The van der Waals surface area contributed by atoms with Crippen LogP contribution in [0.1, 0.15) is 51.0 Å². The number of benzene rings is 2. The summed E-state index contributed by atoms with van der Waals surface area (Å²) in [5.41, 5.74) is 2.94. The van der Waals surface area contributed by atoms with Crippen LogP contribution in [-0.4, -0.2) is 33.8 Å². The lowest BCUT2D eigenvalue weighted by atomic mass is 10.0. The Morgan fingerprint density at radius 1 is 0.622 bits per heavy atom. The van der Waals surface area contributed by atoms with Gasteiger partial charge in [-0.25, -0.2) is 0 Å². The third-order valence-electron chi connectivity index (χ3n) is 6.57. The topological polar surface area (TPSA) is 51.5 Å². The number of hydrogen-bond acceptors (Lipinski definition) is 4. The Hall–Kier alpha value is -1.32. The van der Waals surface area contributed by atoms with Crippen molar-refractivity contribution >= 4 is 38.9 Å². The molecule has 0 N–H and O–H groups in total. The van der Waals surface area contributed by atoms with Crippen molar-refractivity contribution in [2.45, 2.75) is 104 Å². The second-order valence-corrected chi connectivity index (χ2v) is 27.8. The Balaban J connectivity index is 1.98. The van der Waals surface area contributed by atoms with Crippen LogP contribution in [0.3, 0.4) is 0 Å². The van der Waals surface area contributed by atoms with E-state index >= 15 is 0 Å². The lowest BCUT2D eigenvalue weighted by molar-refractivity contribution is 0.330. The van der Waals surface area contributed by atoms with Gasteiger partial charge >= 0.3 is 17.1 Å². The molecule has 0 unspecified atom stereocenters. The smallest absolute Gasteiger partial charge is 0.312 e. The Morgan fingerprint density at radius 3 is 1.65 bits per heavy atom. The average Bonchev–Trinajstić information content (AvgIpc) is 2.79. The van der Waals surface area contributed by atoms with Gasteiger partial charge in [-0.3, -0.25) is 0 Å².